The van der Waals surface area contributed by atoms with E-state index in [1.54, 1.807) is 38.1 Å². The second-order valence-corrected chi connectivity index (χ2v) is 5.15. The van der Waals surface area contributed by atoms with Crippen LogP contribution in [0.15, 0.2) is 24.3 Å². The molecule has 0 fully saturated rings. The second kappa shape index (κ2) is 8.11. The van der Waals surface area contributed by atoms with Gasteiger partial charge in [0.2, 0.25) is 0 Å². The van der Waals surface area contributed by atoms with E-state index in [2.05, 4.69) is 10.2 Å². The highest BCUT2D eigenvalue weighted by molar-refractivity contribution is 7.41. The Morgan fingerprint density at radius 2 is 1.44 bits per heavy atom. The van der Waals surface area contributed by atoms with Crippen molar-refractivity contribution in [2.45, 2.75) is 13.8 Å². The summed E-state index contributed by atoms with van der Waals surface area (Å²) >= 11 is 0. The average molecular weight is 290 g/mol. The monoisotopic (exact) mass is 290 g/mol. The van der Waals surface area contributed by atoms with Crippen LogP contribution in [0.25, 0.3) is 0 Å². The number of hydrogen-bond acceptors (Lipinski definition) is 4. The predicted octanol–water partition coefficient (Wildman–Crippen LogP) is 3.90. The highest BCUT2D eigenvalue weighted by atomic mass is 31.1. The molecular weight excluding hydrogens is 274 g/mol. The molecule has 0 aliphatic rings. The number of benzene rings is 1. The molecule has 0 saturated carbocycles. The first-order valence-electron chi connectivity index (χ1n) is 5.49. The van der Waals surface area contributed by atoms with Crippen molar-refractivity contribution in [3.63, 3.8) is 0 Å². The largest absolute Gasteiger partial charge is 0.643 e. The summed E-state index contributed by atoms with van der Waals surface area (Å²) in [7, 11) is -3.86. The van der Waals surface area contributed by atoms with E-state index in [4.69, 9.17) is 9.05 Å². The summed E-state index contributed by atoms with van der Waals surface area (Å²) in [5.74, 6) is 0. The van der Waals surface area contributed by atoms with Gasteiger partial charge in [-0.15, -0.1) is 9.05 Å². The van der Waals surface area contributed by atoms with Crippen LogP contribution in [0, 0.1) is 0 Å². The lowest BCUT2D eigenvalue weighted by atomic mass is 10.3. The van der Waals surface area contributed by atoms with Crippen molar-refractivity contribution in [1.29, 1.82) is 0 Å². The molecule has 8 heteroatoms. The fourth-order valence-electron chi connectivity index (χ4n) is 1.17. The van der Waals surface area contributed by atoms with Gasteiger partial charge >= 0.3 is 16.4 Å². The van der Waals surface area contributed by atoms with E-state index < -0.39 is 16.4 Å². The van der Waals surface area contributed by atoms with Gasteiger partial charge in [-0.05, 0) is 41.2 Å². The first-order valence-corrected chi connectivity index (χ1v) is 7.85. The lowest BCUT2D eigenvalue weighted by Gasteiger charge is -1.98. The van der Waals surface area contributed by atoms with Gasteiger partial charge < -0.3 is 0 Å². The summed E-state index contributed by atoms with van der Waals surface area (Å²) in [5.41, 5.74) is 1.24. The maximum Gasteiger partial charge on any atom is 0.643 e. The van der Waals surface area contributed by atoms with Gasteiger partial charge in [-0.25, -0.2) is 0 Å². The molecule has 1 aromatic rings. The summed E-state index contributed by atoms with van der Waals surface area (Å²) in [6.07, 6.45) is 0. The van der Waals surface area contributed by atoms with Crippen LogP contribution in [0.4, 0.5) is 11.4 Å². The van der Waals surface area contributed by atoms with Crippen LogP contribution in [0.3, 0.4) is 0 Å². The average Bonchev–Trinajstić information content (AvgIpc) is 2.29. The molecule has 0 spiro atoms. The van der Waals surface area contributed by atoms with Crippen LogP contribution < -0.4 is 10.2 Å². The minimum atomic E-state index is -1.93. The summed E-state index contributed by atoms with van der Waals surface area (Å²) < 4.78 is 32.5. The minimum Gasteiger partial charge on any atom is -0.151 e. The molecule has 0 aromatic heterocycles. The van der Waals surface area contributed by atoms with E-state index in [1.165, 1.54) is 0 Å². The molecule has 0 amide bonds. The number of hydrogen-bond donors (Lipinski definition) is 2. The van der Waals surface area contributed by atoms with E-state index in [0.717, 1.165) is 0 Å². The van der Waals surface area contributed by atoms with Crippen LogP contribution in [-0.4, -0.2) is 13.2 Å². The van der Waals surface area contributed by atoms with Gasteiger partial charge in [0.15, 0.2) is 0 Å². The maximum atomic E-state index is 11.4. The van der Waals surface area contributed by atoms with Crippen molar-refractivity contribution in [2.75, 3.05) is 23.4 Å². The SMILES string of the molecule is CCO[P+](=O)Nc1cccc(N[P+](=O)OCC)c1. The zero-order valence-corrected chi connectivity index (χ0v) is 12.0. The molecule has 0 radical (unpaired) electrons. The molecule has 18 heavy (non-hydrogen) atoms. The lowest BCUT2D eigenvalue weighted by molar-refractivity contribution is 0.353. The van der Waals surface area contributed by atoms with Gasteiger partial charge in [-0.2, -0.15) is 10.2 Å². The molecule has 0 aliphatic carbocycles. The first-order chi connectivity index (χ1) is 8.65. The molecule has 2 unspecified atom stereocenters. The van der Waals surface area contributed by atoms with Crippen molar-refractivity contribution in [1.82, 2.24) is 0 Å². The molecule has 0 heterocycles. The summed E-state index contributed by atoms with van der Waals surface area (Å²) in [6.45, 7) is 4.27. The van der Waals surface area contributed by atoms with Gasteiger partial charge in [0.25, 0.3) is 0 Å². The molecule has 1 aromatic carbocycles. The van der Waals surface area contributed by atoms with Gasteiger partial charge in [-0.3, -0.25) is 0 Å². The van der Waals surface area contributed by atoms with E-state index in [1.807, 2.05) is 0 Å². The summed E-state index contributed by atoms with van der Waals surface area (Å²) in [6, 6.07) is 6.91. The van der Waals surface area contributed by atoms with Crippen LogP contribution >= 0.6 is 16.4 Å². The molecule has 0 bridgehead atoms. The maximum absolute atomic E-state index is 11.4. The Morgan fingerprint density at radius 3 is 1.83 bits per heavy atom. The third kappa shape index (κ3) is 5.52. The molecule has 0 aliphatic heterocycles. The number of nitrogens with one attached hydrogen (secondary N) is 2. The van der Waals surface area contributed by atoms with Crippen molar-refractivity contribution in [3.05, 3.63) is 24.3 Å². The van der Waals surface area contributed by atoms with Crippen molar-refractivity contribution in [3.8, 4) is 0 Å². The fourth-order valence-corrected chi connectivity index (χ4v) is 2.47. The molecule has 2 N–H and O–H groups in total. The zero-order chi connectivity index (χ0) is 13.4. The smallest absolute Gasteiger partial charge is 0.151 e. The topological polar surface area (TPSA) is 76.7 Å². The quantitative estimate of drug-likeness (QED) is 0.707. The van der Waals surface area contributed by atoms with Crippen molar-refractivity contribution < 1.29 is 18.2 Å². The fraction of sp³-hybridized carbons (Fsp3) is 0.400. The summed E-state index contributed by atoms with van der Waals surface area (Å²) in [4.78, 5) is 0. The second-order valence-electron chi connectivity index (χ2n) is 3.15. The third-order valence-electron chi connectivity index (χ3n) is 1.80. The zero-order valence-electron chi connectivity index (χ0n) is 10.3. The number of rotatable bonds is 8. The summed E-state index contributed by atoms with van der Waals surface area (Å²) in [5, 5.41) is 5.40. The van der Waals surface area contributed by atoms with E-state index >= 15 is 0 Å². The van der Waals surface area contributed by atoms with Crippen LogP contribution in [-0.2, 0) is 18.2 Å². The molecular formula is C10H16N2O4P2+2. The van der Waals surface area contributed by atoms with Crippen LogP contribution in [0.1, 0.15) is 13.8 Å². The third-order valence-corrected chi connectivity index (χ3v) is 3.66. The number of anilines is 2. The molecule has 2 atom stereocenters. The Labute approximate surface area is 108 Å². The van der Waals surface area contributed by atoms with E-state index in [-0.39, 0.29) is 0 Å². The Hall–Kier alpha value is -1.06. The van der Waals surface area contributed by atoms with E-state index in [0.29, 0.717) is 24.6 Å². The Kier molecular flexibility index (Phi) is 6.76. The van der Waals surface area contributed by atoms with Crippen molar-refractivity contribution >= 4 is 27.7 Å². The van der Waals surface area contributed by atoms with Crippen LogP contribution in [0.2, 0.25) is 0 Å². The Bertz CT molecular complexity index is 393. The standard InChI is InChI=1S/C10H16N2O4P2/c1-3-15-17(13)11-9-6-5-7-10(8-9)12-18(14)16-4-2/h5-8H,3-4H2,1-2H3,(H,11,13)(H,12,14)/q+2. The van der Waals surface area contributed by atoms with E-state index in [9.17, 15) is 9.13 Å². The van der Waals surface area contributed by atoms with Crippen LogP contribution in [0.5, 0.6) is 0 Å². The Morgan fingerprint density at radius 1 is 1.00 bits per heavy atom. The van der Waals surface area contributed by atoms with Gasteiger partial charge in [0, 0.05) is 0 Å². The predicted molar refractivity (Wildman–Crippen MR) is 72.2 cm³/mol. The molecule has 1 rings (SSSR count). The minimum absolute atomic E-state index is 0.371. The first kappa shape index (κ1) is 15.0. The normalized spacial score (nSPS) is 11.9. The highest BCUT2D eigenvalue weighted by Gasteiger charge is 2.19. The van der Waals surface area contributed by atoms with Gasteiger partial charge in [-0.1, -0.05) is 6.07 Å². The molecule has 98 valence electrons. The highest BCUT2D eigenvalue weighted by Crippen LogP contribution is 2.30. The lowest BCUT2D eigenvalue weighted by Crippen LogP contribution is -1.93. The molecule has 0 saturated heterocycles. The molecule has 6 nitrogen and oxygen atoms in total. The Balaban J connectivity index is 2.61. The van der Waals surface area contributed by atoms with Gasteiger partial charge in [0.05, 0.1) is 11.4 Å². The van der Waals surface area contributed by atoms with Gasteiger partial charge in [0.1, 0.15) is 13.2 Å². The van der Waals surface area contributed by atoms with Crippen molar-refractivity contribution in [2.24, 2.45) is 0 Å².